The van der Waals surface area contributed by atoms with Gasteiger partial charge < -0.3 is 5.32 Å². The Labute approximate surface area is 114 Å². The van der Waals surface area contributed by atoms with Gasteiger partial charge in [-0.3, -0.25) is 0 Å². The summed E-state index contributed by atoms with van der Waals surface area (Å²) >= 11 is 3.49. The predicted octanol–water partition coefficient (Wildman–Crippen LogP) is 2.84. The van der Waals surface area contributed by atoms with Crippen LogP contribution < -0.4 is 5.32 Å². The number of nitrogens with zero attached hydrogens (tertiary/aromatic N) is 3. The van der Waals surface area contributed by atoms with Crippen molar-refractivity contribution < 1.29 is 0 Å². The maximum absolute atomic E-state index is 4.73. The first-order valence-electron chi connectivity index (χ1n) is 6.33. The topological polar surface area (TPSA) is 50.7 Å². The minimum Gasteiger partial charge on any atom is -0.360 e. The second kappa shape index (κ2) is 5.32. The summed E-state index contributed by atoms with van der Waals surface area (Å²) in [5, 5.41) is 14.5. The van der Waals surface area contributed by atoms with E-state index in [4.69, 9.17) is 4.98 Å². The van der Waals surface area contributed by atoms with Crippen LogP contribution in [0.4, 0.5) is 5.13 Å². The summed E-state index contributed by atoms with van der Waals surface area (Å²) in [4.78, 5) is 6.25. The highest BCUT2D eigenvalue weighted by Gasteiger charge is 2.14. The van der Waals surface area contributed by atoms with Gasteiger partial charge >= 0.3 is 0 Å². The average Bonchev–Trinajstić information content (AvgIpc) is 2.95. The molecule has 0 spiro atoms. The normalized spacial score (nSPS) is 14.5. The Morgan fingerprint density at radius 3 is 2.83 bits per heavy atom. The van der Waals surface area contributed by atoms with Gasteiger partial charge in [0.05, 0.1) is 10.7 Å². The molecule has 0 fully saturated rings. The average molecular weight is 280 g/mol. The number of aromatic nitrogens is 3. The van der Waals surface area contributed by atoms with E-state index in [0.717, 1.165) is 23.1 Å². The second-order valence-corrected chi connectivity index (χ2v) is 6.84. The summed E-state index contributed by atoms with van der Waals surface area (Å²) in [7, 11) is 0. The summed E-state index contributed by atoms with van der Waals surface area (Å²) < 4.78 is 0. The van der Waals surface area contributed by atoms with Gasteiger partial charge in [-0.2, -0.15) is 0 Å². The predicted molar refractivity (Wildman–Crippen MR) is 75.6 cm³/mol. The Bertz CT molecular complexity index is 508. The van der Waals surface area contributed by atoms with E-state index in [9.17, 15) is 0 Å². The number of rotatable bonds is 4. The molecule has 3 rings (SSSR count). The van der Waals surface area contributed by atoms with Crippen LogP contribution in [0.5, 0.6) is 0 Å². The van der Waals surface area contributed by atoms with Crippen molar-refractivity contribution in [1.82, 2.24) is 15.2 Å². The van der Waals surface area contributed by atoms with Crippen LogP contribution in [0.1, 0.15) is 33.4 Å². The molecular weight excluding hydrogens is 264 g/mol. The van der Waals surface area contributed by atoms with Crippen LogP contribution in [0.2, 0.25) is 0 Å². The number of thiazole rings is 1. The van der Waals surface area contributed by atoms with Gasteiger partial charge in [0, 0.05) is 17.8 Å². The molecule has 0 unspecified atom stereocenters. The third-order valence-corrected chi connectivity index (χ3v) is 5.04. The van der Waals surface area contributed by atoms with Gasteiger partial charge in [0.15, 0.2) is 0 Å². The number of hydrogen-bond donors (Lipinski definition) is 1. The largest absolute Gasteiger partial charge is 0.360 e. The molecule has 6 heteroatoms. The SMILES string of the molecule is Cc1nnc(NCCc2nc3c(s2)CCCC3)s1. The number of fused-ring (bicyclic) bond motifs is 1. The summed E-state index contributed by atoms with van der Waals surface area (Å²) in [6.07, 6.45) is 6.02. The van der Waals surface area contributed by atoms with Gasteiger partial charge in [-0.1, -0.05) is 11.3 Å². The zero-order valence-electron chi connectivity index (χ0n) is 10.4. The van der Waals surface area contributed by atoms with Crippen molar-refractivity contribution >= 4 is 27.8 Å². The zero-order valence-corrected chi connectivity index (χ0v) is 12.0. The fourth-order valence-electron chi connectivity index (χ4n) is 2.16. The number of hydrogen-bond acceptors (Lipinski definition) is 6. The first-order chi connectivity index (χ1) is 8.81. The van der Waals surface area contributed by atoms with Crippen molar-refractivity contribution in [3.05, 3.63) is 20.6 Å². The monoisotopic (exact) mass is 280 g/mol. The van der Waals surface area contributed by atoms with E-state index in [1.54, 1.807) is 11.3 Å². The van der Waals surface area contributed by atoms with Crippen molar-refractivity contribution in [2.24, 2.45) is 0 Å². The molecule has 1 N–H and O–H groups in total. The number of nitrogens with one attached hydrogen (secondary N) is 1. The summed E-state index contributed by atoms with van der Waals surface area (Å²) in [6.45, 7) is 2.86. The third kappa shape index (κ3) is 2.70. The van der Waals surface area contributed by atoms with Crippen LogP contribution in [-0.2, 0) is 19.3 Å². The molecule has 1 aliphatic carbocycles. The molecule has 1 aliphatic rings. The molecule has 0 saturated heterocycles. The van der Waals surface area contributed by atoms with Gasteiger partial charge in [0.1, 0.15) is 5.01 Å². The van der Waals surface area contributed by atoms with Crippen molar-refractivity contribution in [3.8, 4) is 0 Å². The van der Waals surface area contributed by atoms with Crippen molar-refractivity contribution in [3.63, 3.8) is 0 Å². The van der Waals surface area contributed by atoms with Crippen LogP contribution in [0.25, 0.3) is 0 Å². The maximum Gasteiger partial charge on any atom is 0.205 e. The zero-order chi connectivity index (χ0) is 12.4. The van der Waals surface area contributed by atoms with Gasteiger partial charge in [-0.05, 0) is 32.6 Å². The molecule has 0 aliphatic heterocycles. The van der Waals surface area contributed by atoms with E-state index in [2.05, 4.69) is 15.5 Å². The Morgan fingerprint density at radius 2 is 2.06 bits per heavy atom. The fraction of sp³-hybridized carbons (Fsp3) is 0.583. The molecule has 18 heavy (non-hydrogen) atoms. The Balaban J connectivity index is 1.55. The van der Waals surface area contributed by atoms with E-state index < -0.39 is 0 Å². The highest BCUT2D eigenvalue weighted by molar-refractivity contribution is 7.15. The van der Waals surface area contributed by atoms with Crippen LogP contribution >= 0.6 is 22.7 Å². The van der Waals surface area contributed by atoms with E-state index in [1.165, 1.54) is 41.3 Å². The number of anilines is 1. The van der Waals surface area contributed by atoms with E-state index in [0.29, 0.717) is 0 Å². The van der Waals surface area contributed by atoms with E-state index >= 15 is 0 Å². The van der Waals surface area contributed by atoms with Gasteiger partial charge in [-0.25, -0.2) is 4.98 Å². The molecule has 2 aromatic rings. The van der Waals surface area contributed by atoms with Gasteiger partial charge in [0.25, 0.3) is 0 Å². The Morgan fingerprint density at radius 1 is 1.17 bits per heavy atom. The molecule has 0 saturated carbocycles. The summed E-state index contributed by atoms with van der Waals surface area (Å²) in [5.41, 5.74) is 1.35. The maximum atomic E-state index is 4.73. The lowest BCUT2D eigenvalue weighted by Crippen LogP contribution is -2.04. The molecular formula is C12H16N4S2. The van der Waals surface area contributed by atoms with E-state index in [-0.39, 0.29) is 0 Å². The first-order valence-corrected chi connectivity index (χ1v) is 7.96. The minimum atomic E-state index is 0.890. The van der Waals surface area contributed by atoms with Crippen molar-refractivity contribution in [2.75, 3.05) is 11.9 Å². The second-order valence-electron chi connectivity index (χ2n) is 4.49. The highest BCUT2D eigenvalue weighted by Crippen LogP contribution is 2.26. The molecule has 4 nitrogen and oxygen atoms in total. The van der Waals surface area contributed by atoms with Crippen molar-refractivity contribution in [2.45, 2.75) is 39.0 Å². The van der Waals surface area contributed by atoms with Gasteiger partial charge in [-0.15, -0.1) is 21.5 Å². The van der Waals surface area contributed by atoms with Crippen molar-refractivity contribution in [1.29, 1.82) is 0 Å². The molecule has 0 atom stereocenters. The van der Waals surface area contributed by atoms with Crippen LogP contribution in [0.3, 0.4) is 0 Å². The van der Waals surface area contributed by atoms with Gasteiger partial charge in [0.2, 0.25) is 5.13 Å². The lowest BCUT2D eigenvalue weighted by atomic mass is 10.0. The summed E-state index contributed by atoms with van der Waals surface area (Å²) in [5.74, 6) is 0. The van der Waals surface area contributed by atoms with Crippen LogP contribution in [-0.4, -0.2) is 21.7 Å². The van der Waals surface area contributed by atoms with E-state index in [1.807, 2.05) is 18.3 Å². The third-order valence-electron chi connectivity index (χ3n) is 3.03. The molecule has 0 radical (unpaired) electrons. The van der Waals surface area contributed by atoms with Crippen LogP contribution in [0.15, 0.2) is 0 Å². The molecule has 0 aromatic carbocycles. The first kappa shape index (κ1) is 12.0. The smallest absolute Gasteiger partial charge is 0.205 e. The molecule has 2 heterocycles. The fourth-order valence-corrected chi connectivity index (χ4v) is 3.93. The lowest BCUT2D eigenvalue weighted by Gasteiger charge is -2.06. The molecule has 96 valence electrons. The highest BCUT2D eigenvalue weighted by atomic mass is 32.1. The molecule has 0 amide bonds. The summed E-state index contributed by atoms with van der Waals surface area (Å²) in [6, 6.07) is 0. The molecule has 2 aromatic heterocycles. The quantitative estimate of drug-likeness (QED) is 0.935. The van der Waals surface area contributed by atoms with Crippen LogP contribution in [0, 0.1) is 6.92 Å². The number of aryl methyl sites for hydroxylation is 3. The minimum absolute atomic E-state index is 0.890. The standard InChI is InChI=1S/C12H16N4S2/c1-8-15-16-12(17-8)13-7-6-11-14-9-4-2-3-5-10(9)18-11/h2-7H2,1H3,(H,13,16). The Kier molecular flexibility index (Phi) is 3.56. The Hall–Kier alpha value is -1.01. The molecule has 0 bridgehead atoms. The lowest BCUT2D eigenvalue weighted by molar-refractivity contribution is 0.680.